The largest absolute Gasteiger partial charge is 0.294 e. The lowest BCUT2D eigenvalue weighted by atomic mass is 9.82. The lowest BCUT2D eigenvalue weighted by molar-refractivity contribution is 0.598. The molecule has 11 rings (SSSR count). The van der Waals surface area contributed by atoms with Crippen molar-refractivity contribution < 1.29 is 8.42 Å². The highest BCUT2D eigenvalue weighted by Gasteiger charge is 2.40. The molecule has 8 aromatic rings. The van der Waals surface area contributed by atoms with Crippen molar-refractivity contribution in [2.75, 3.05) is 0 Å². The predicted molar refractivity (Wildman–Crippen MR) is 208 cm³/mol. The minimum absolute atomic E-state index is 0.125. The number of hydrogen-bond donors (Lipinski definition) is 0. The molecule has 4 heterocycles. The molecule has 0 spiro atoms. The Morgan fingerprint density at radius 2 is 1.17 bits per heavy atom. The third kappa shape index (κ3) is 3.65. The maximum Gasteiger partial charge on any atom is 0.207 e. The number of nitrogens with zero attached hydrogens (tertiary/aromatic N) is 3. The van der Waals surface area contributed by atoms with E-state index < -0.39 is 9.84 Å². The minimum Gasteiger partial charge on any atom is -0.294 e. The Labute approximate surface area is 302 Å². The van der Waals surface area contributed by atoms with Gasteiger partial charge >= 0.3 is 0 Å². The lowest BCUT2D eigenvalue weighted by Crippen LogP contribution is -2.15. The molecule has 0 saturated carbocycles. The number of para-hydroxylation sites is 1. The summed E-state index contributed by atoms with van der Waals surface area (Å²) >= 11 is 0. The van der Waals surface area contributed by atoms with Crippen molar-refractivity contribution in [1.29, 1.82) is 0 Å². The van der Waals surface area contributed by atoms with Gasteiger partial charge in [0.05, 0.1) is 37.9 Å². The number of benzene rings is 5. The van der Waals surface area contributed by atoms with Gasteiger partial charge < -0.3 is 0 Å². The van der Waals surface area contributed by atoms with E-state index in [-0.39, 0.29) is 10.8 Å². The van der Waals surface area contributed by atoms with E-state index >= 15 is 0 Å². The van der Waals surface area contributed by atoms with Crippen molar-refractivity contribution in [3.05, 3.63) is 150 Å². The summed E-state index contributed by atoms with van der Waals surface area (Å²) in [6.45, 7) is 9.12. The normalized spacial score (nSPS) is 16.3. The predicted octanol–water partition coefficient (Wildman–Crippen LogP) is 10.7. The van der Waals surface area contributed by atoms with Gasteiger partial charge in [0.1, 0.15) is 5.82 Å². The minimum atomic E-state index is -3.54. The molecular formula is C46H33N3O2S. The second-order valence-electron chi connectivity index (χ2n) is 15.4. The van der Waals surface area contributed by atoms with Gasteiger partial charge in [-0.15, -0.1) is 0 Å². The van der Waals surface area contributed by atoms with Crippen LogP contribution >= 0.6 is 0 Å². The summed E-state index contributed by atoms with van der Waals surface area (Å²) in [4.78, 5) is 11.5. The standard InChI is InChI=1S/C46H33N3O2S/c1-45(2)33-14-8-5-11-27(33)30-24-31-28-12-6-9-15-38(28)49(39(31)25-36(30)45)42-22-19-35-44(48-42)43-34(46(35,3)4)18-20-37(47-43)26-17-21-41-32(23-26)29-13-7-10-16-40(29)52(41,50)51/h5-25H,1-4H3. The average molecular weight is 692 g/mol. The molecule has 0 atom stereocenters. The highest BCUT2D eigenvalue weighted by molar-refractivity contribution is 7.92. The Kier molecular flexibility index (Phi) is 5.58. The molecule has 3 aromatic heterocycles. The fourth-order valence-corrected chi connectivity index (χ4v) is 11.0. The van der Waals surface area contributed by atoms with Crippen LogP contribution in [0.5, 0.6) is 0 Å². The van der Waals surface area contributed by atoms with Crippen LogP contribution in [0.25, 0.3) is 72.5 Å². The summed E-state index contributed by atoms with van der Waals surface area (Å²) in [6.07, 6.45) is 0. The number of pyridine rings is 2. The Hall–Kier alpha value is -5.85. The molecule has 2 aliphatic carbocycles. The molecule has 6 heteroatoms. The maximum absolute atomic E-state index is 13.3. The fraction of sp³-hybridized carbons (Fsp3) is 0.130. The van der Waals surface area contributed by atoms with Gasteiger partial charge in [0.2, 0.25) is 9.84 Å². The molecule has 0 unspecified atom stereocenters. The fourth-order valence-electron chi connectivity index (χ4n) is 9.29. The van der Waals surface area contributed by atoms with Gasteiger partial charge in [-0.05, 0) is 81.9 Å². The molecule has 0 radical (unpaired) electrons. The Morgan fingerprint density at radius 3 is 2.02 bits per heavy atom. The van der Waals surface area contributed by atoms with Crippen molar-refractivity contribution in [3.8, 4) is 50.7 Å². The first-order valence-electron chi connectivity index (χ1n) is 17.8. The SMILES string of the molecule is CC1(C)c2ccccc2-c2cc3c4ccccc4n(-c4ccc5c(n4)-c4nc(-c6ccc7c(c6)-c6ccccc6S7(=O)=O)ccc4C5(C)C)c3cc21. The van der Waals surface area contributed by atoms with Crippen molar-refractivity contribution >= 4 is 31.6 Å². The maximum atomic E-state index is 13.3. The number of hydrogen-bond acceptors (Lipinski definition) is 4. The van der Waals surface area contributed by atoms with Crippen LogP contribution in [0, 0.1) is 0 Å². The van der Waals surface area contributed by atoms with Crippen molar-refractivity contribution in [3.63, 3.8) is 0 Å². The Bertz CT molecular complexity index is 3040. The topological polar surface area (TPSA) is 64.8 Å². The molecule has 0 fully saturated rings. The second-order valence-corrected chi connectivity index (χ2v) is 17.3. The molecule has 0 amide bonds. The lowest BCUT2D eigenvalue weighted by Gasteiger charge is -2.22. The van der Waals surface area contributed by atoms with Gasteiger partial charge in [0, 0.05) is 38.3 Å². The summed E-state index contributed by atoms with van der Waals surface area (Å²) < 4.78 is 28.9. The van der Waals surface area contributed by atoms with Crippen LogP contribution in [0.4, 0.5) is 0 Å². The van der Waals surface area contributed by atoms with E-state index in [4.69, 9.17) is 9.97 Å². The highest BCUT2D eigenvalue weighted by atomic mass is 32.2. The quantitative estimate of drug-likeness (QED) is 0.181. The zero-order valence-electron chi connectivity index (χ0n) is 29.2. The highest BCUT2D eigenvalue weighted by Crippen LogP contribution is 2.52. The zero-order valence-corrected chi connectivity index (χ0v) is 30.0. The van der Waals surface area contributed by atoms with Crippen molar-refractivity contribution in [2.45, 2.75) is 48.3 Å². The second kappa shape index (κ2) is 9.72. The van der Waals surface area contributed by atoms with Gasteiger partial charge in [-0.3, -0.25) is 4.57 Å². The van der Waals surface area contributed by atoms with Crippen molar-refractivity contribution in [2.24, 2.45) is 0 Å². The van der Waals surface area contributed by atoms with Gasteiger partial charge in [0.25, 0.3) is 0 Å². The average Bonchev–Trinajstić information content (AvgIpc) is 3.77. The van der Waals surface area contributed by atoms with E-state index in [1.165, 1.54) is 33.0 Å². The molecule has 0 N–H and O–H groups in total. The molecule has 1 aliphatic heterocycles. The van der Waals surface area contributed by atoms with Crippen LogP contribution in [-0.4, -0.2) is 23.0 Å². The summed E-state index contributed by atoms with van der Waals surface area (Å²) in [6, 6.07) is 43.6. The molecular weight excluding hydrogens is 659 g/mol. The number of aromatic nitrogens is 3. The van der Waals surface area contributed by atoms with Gasteiger partial charge in [-0.1, -0.05) is 107 Å². The molecule has 5 aromatic carbocycles. The molecule has 5 nitrogen and oxygen atoms in total. The summed E-state index contributed by atoms with van der Waals surface area (Å²) in [5, 5.41) is 2.41. The van der Waals surface area contributed by atoms with E-state index in [0.717, 1.165) is 61.8 Å². The molecule has 0 saturated heterocycles. The van der Waals surface area contributed by atoms with E-state index in [0.29, 0.717) is 9.79 Å². The van der Waals surface area contributed by atoms with Crippen molar-refractivity contribution in [1.82, 2.24) is 14.5 Å². The summed E-state index contributed by atoms with van der Waals surface area (Å²) in [5.74, 6) is 0.855. The van der Waals surface area contributed by atoms with Gasteiger partial charge in [0.15, 0.2) is 0 Å². The summed E-state index contributed by atoms with van der Waals surface area (Å²) in [5.41, 5.74) is 14.3. The van der Waals surface area contributed by atoms with Crippen LogP contribution < -0.4 is 0 Å². The first-order chi connectivity index (χ1) is 25.0. The van der Waals surface area contributed by atoms with Gasteiger partial charge in [-0.2, -0.15) is 0 Å². The molecule has 0 bridgehead atoms. The van der Waals surface area contributed by atoms with Gasteiger partial charge in [-0.25, -0.2) is 18.4 Å². The molecule has 3 aliphatic rings. The van der Waals surface area contributed by atoms with E-state index in [1.54, 1.807) is 18.2 Å². The van der Waals surface area contributed by atoms with E-state index in [9.17, 15) is 8.42 Å². The summed E-state index contributed by atoms with van der Waals surface area (Å²) in [7, 11) is -3.54. The smallest absolute Gasteiger partial charge is 0.207 e. The van der Waals surface area contributed by atoms with E-state index in [1.807, 2.05) is 24.3 Å². The molecule has 52 heavy (non-hydrogen) atoms. The Balaban J connectivity index is 1.10. The van der Waals surface area contributed by atoms with Crippen LogP contribution in [0.2, 0.25) is 0 Å². The monoisotopic (exact) mass is 691 g/mol. The van der Waals surface area contributed by atoms with Crippen LogP contribution in [0.15, 0.2) is 137 Å². The number of fused-ring (bicyclic) bond motifs is 12. The van der Waals surface area contributed by atoms with E-state index in [2.05, 4.69) is 117 Å². The zero-order chi connectivity index (χ0) is 35.3. The molecule has 250 valence electrons. The van der Waals surface area contributed by atoms with Crippen LogP contribution in [0.3, 0.4) is 0 Å². The third-order valence-electron chi connectivity index (χ3n) is 12.0. The first-order valence-corrected chi connectivity index (χ1v) is 19.2. The number of sulfone groups is 1. The number of rotatable bonds is 2. The van der Waals surface area contributed by atoms with Crippen LogP contribution in [0.1, 0.15) is 49.9 Å². The van der Waals surface area contributed by atoms with Crippen LogP contribution in [-0.2, 0) is 20.7 Å². The third-order valence-corrected chi connectivity index (χ3v) is 13.9. The Morgan fingerprint density at radius 1 is 0.500 bits per heavy atom. The first kappa shape index (κ1) is 29.8.